The predicted octanol–water partition coefficient (Wildman–Crippen LogP) is 4.70. The molecule has 0 unspecified atom stereocenters. The third kappa shape index (κ3) is 4.19. The Morgan fingerprint density at radius 1 is 1.00 bits per heavy atom. The molecule has 1 heterocycles. The van der Waals surface area contributed by atoms with Crippen molar-refractivity contribution >= 4 is 39.3 Å². The molecule has 148 valence electrons. The number of aryl methyl sites for hydroxylation is 1. The minimum atomic E-state index is -0.407. The maximum atomic E-state index is 12.3. The second-order valence-corrected chi connectivity index (χ2v) is 8.15. The van der Waals surface area contributed by atoms with E-state index in [1.165, 1.54) is 16.4 Å². The molecular formula is C23H29N3O2. The van der Waals surface area contributed by atoms with Crippen molar-refractivity contribution in [3.05, 3.63) is 42.5 Å². The van der Waals surface area contributed by atoms with E-state index in [4.69, 9.17) is 0 Å². The average Bonchev–Trinajstić information content (AvgIpc) is 2.97. The monoisotopic (exact) mass is 379 g/mol. The van der Waals surface area contributed by atoms with Crippen LogP contribution in [-0.4, -0.2) is 22.9 Å². The van der Waals surface area contributed by atoms with Crippen molar-refractivity contribution in [3.63, 3.8) is 0 Å². The van der Waals surface area contributed by atoms with Crippen molar-refractivity contribution in [2.24, 2.45) is 5.41 Å². The molecular weight excluding hydrogens is 350 g/mol. The molecule has 3 rings (SSSR count). The van der Waals surface area contributed by atoms with Crippen LogP contribution in [-0.2, 0) is 16.1 Å². The number of amides is 2. The summed E-state index contributed by atoms with van der Waals surface area (Å²) >= 11 is 0. The van der Waals surface area contributed by atoms with Crippen molar-refractivity contribution in [1.29, 1.82) is 0 Å². The summed E-state index contributed by atoms with van der Waals surface area (Å²) < 4.78 is 2.29. The molecule has 0 bridgehead atoms. The molecule has 2 amide bonds. The normalized spacial score (nSPS) is 11.7. The van der Waals surface area contributed by atoms with Gasteiger partial charge in [0, 0.05) is 52.4 Å². The minimum absolute atomic E-state index is 0.00525. The Bertz CT molecular complexity index is 1010. The van der Waals surface area contributed by atoms with Crippen LogP contribution in [0.25, 0.3) is 21.8 Å². The van der Waals surface area contributed by atoms with Crippen LogP contribution >= 0.6 is 0 Å². The van der Waals surface area contributed by atoms with Gasteiger partial charge in [0.2, 0.25) is 11.8 Å². The Labute approximate surface area is 166 Å². The lowest BCUT2D eigenvalue weighted by Crippen LogP contribution is -2.35. The van der Waals surface area contributed by atoms with Crippen LogP contribution in [0.5, 0.6) is 0 Å². The maximum Gasteiger partial charge on any atom is 0.225 e. The average molecular weight is 380 g/mol. The Hall–Kier alpha value is -2.82. The molecule has 0 spiro atoms. The standard InChI is InChI=1S/C23H29N3O2/c1-5-26-19-10-7-6-9-17(19)18-15-16(12-13-20(18)26)25-21(27)11-8-14-24-22(28)23(2,3)4/h6-7,9-10,12-13,15H,5,8,11,14H2,1-4H3,(H,24,28)(H,25,27). The molecule has 0 aliphatic rings. The van der Waals surface area contributed by atoms with Gasteiger partial charge in [-0.05, 0) is 37.6 Å². The molecule has 5 nitrogen and oxygen atoms in total. The zero-order chi connectivity index (χ0) is 20.3. The number of hydrogen-bond acceptors (Lipinski definition) is 2. The number of nitrogens with zero attached hydrogens (tertiary/aromatic N) is 1. The Morgan fingerprint density at radius 3 is 2.43 bits per heavy atom. The van der Waals surface area contributed by atoms with Gasteiger partial charge >= 0.3 is 0 Å². The van der Waals surface area contributed by atoms with Crippen molar-refractivity contribution in [2.75, 3.05) is 11.9 Å². The van der Waals surface area contributed by atoms with Crippen LogP contribution < -0.4 is 10.6 Å². The summed E-state index contributed by atoms with van der Waals surface area (Å²) in [6, 6.07) is 14.4. The number of benzene rings is 2. The van der Waals surface area contributed by atoms with Crippen LogP contribution in [0.3, 0.4) is 0 Å². The van der Waals surface area contributed by atoms with Gasteiger partial charge in [-0.25, -0.2) is 0 Å². The lowest BCUT2D eigenvalue weighted by molar-refractivity contribution is -0.128. The SMILES string of the molecule is CCn1c2ccccc2c2cc(NC(=O)CCCNC(=O)C(C)(C)C)ccc21. The molecule has 0 saturated heterocycles. The number of aromatic nitrogens is 1. The highest BCUT2D eigenvalue weighted by Crippen LogP contribution is 2.31. The van der Waals surface area contributed by atoms with Gasteiger partial charge in [-0.3, -0.25) is 9.59 Å². The number of carbonyl (C=O) groups is 2. The molecule has 2 N–H and O–H groups in total. The third-order valence-electron chi connectivity index (χ3n) is 4.92. The molecule has 28 heavy (non-hydrogen) atoms. The van der Waals surface area contributed by atoms with Gasteiger partial charge in [-0.15, -0.1) is 0 Å². The highest BCUT2D eigenvalue weighted by atomic mass is 16.2. The summed E-state index contributed by atoms with van der Waals surface area (Å²) in [6.07, 6.45) is 0.990. The third-order valence-corrected chi connectivity index (χ3v) is 4.92. The summed E-state index contributed by atoms with van der Waals surface area (Å²) in [5, 5.41) is 8.20. The second kappa shape index (κ2) is 8.05. The Kier molecular flexibility index (Phi) is 5.73. The topological polar surface area (TPSA) is 63.1 Å². The minimum Gasteiger partial charge on any atom is -0.356 e. The lowest BCUT2D eigenvalue weighted by Gasteiger charge is -2.17. The number of nitrogens with one attached hydrogen (secondary N) is 2. The summed E-state index contributed by atoms with van der Waals surface area (Å²) in [4.78, 5) is 24.1. The van der Waals surface area contributed by atoms with Gasteiger partial charge < -0.3 is 15.2 Å². The summed E-state index contributed by atoms with van der Waals surface area (Å²) in [5.41, 5.74) is 2.77. The zero-order valence-corrected chi connectivity index (χ0v) is 17.1. The van der Waals surface area contributed by atoms with Gasteiger partial charge in [0.15, 0.2) is 0 Å². The van der Waals surface area contributed by atoms with Crippen molar-refractivity contribution in [2.45, 2.75) is 47.1 Å². The van der Waals surface area contributed by atoms with Gasteiger partial charge in [0.25, 0.3) is 0 Å². The van der Waals surface area contributed by atoms with E-state index in [0.717, 1.165) is 17.6 Å². The number of para-hydroxylation sites is 1. The van der Waals surface area contributed by atoms with Crippen LogP contribution in [0.2, 0.25) is 0 Å². The number of hydrogen-bond donors (Lipinski definition) is 2. The maximum absolute atomic E-state index is 12.3. The predicted molar refractivity (Wildman–Crippen MR) is 115 cm³/mol. The molecule has 3 aromatic rings. The molecule has 0 saturated carbocycles. The van der Waals surface area contributed by atoms with Crippen molar-refractivity contribution in [3.8, 4) is 0 Å². The van der Waals surface area contributed by atoms with Gasteiger partial charge in [-0.1, -0.05) is 39.0 Å². The fourth-order valence-corrected chi connectivity index (χ4v) is 3.41. The first-order chi connectivity index (χ1) is 13.3. The van der Waals surface area contributed by atoms with E-state index in [-0.39, 0.29) is 11.8 Å². The number of carbonyl (C=O) groups excluding carboxylic acids is 2. The van der Waals surface area contributed by atoms with Gasteiger partial charge in [0.05, 0.1) is 0 Å². The fourth-order valence-electron chi connectivity index (χ4n) is 3.41. The van der Waals surface area contributed by atoms with Gasteiger partial charge in [0.1, 0.15) is 0 Å². The summed E-state index contributed by atoms with van der Waals surface area (Å²) in [5.74, 6) is -0.0331. The molecule has 5 heteroatoms. The number of anilines is 1. The van der Waals surface area contributed by atoms with Crippen LogP contribution in [0.1, 0.15) is 40.5 Å². The molecule has 0 fully saturated rings. The van der Waals surface area contributed by atoms with Crippen LogP contribution in [0, 0.1) is 5.41 Å². The lowest BCUT2D eigenvalue weighted by atomic mass is 9.96. The molecule has 2 aromatic carbocycles. The quantitative estimate of drug-likeness (QED) is 0.610. The summed E-state index contributed by atoms with van der Waals surface area (Å²) in [7, 11) is 0. The van der Waals surface area contributed by atoms with Crippen molar-refractivity contribution < 1.29 is 9.59 Å². The zero-order valence-electron chi connectivity index (χ0n) is 17.1. The first-order valence-corrected chi connectivity index (χ1v) is 9.90. The highest BCUT2D eigenvalue weighted by molar-refractivity contribution is 6.09. The van der Waals surface area contributed by atoms with E-state index in [9.17, 15) is 9.59 Å². The molecule has 0 atom stereocenters. The highest BCUT2D eigenvalue weighted by Gasteiger charge is 2.20. The number of rotatable bonds is 6. The Morgan fingerprint density at radius 2 is 1.71 bits per heavy atom. The van der Waals surface area contributed by atoms with E-state index in [1.54, 1.807) is 0 Å². The van der Waals surface area contributed by atoms with Crippen LogP contribution in [0.15, 0.2) is 42.5 Å². The smallest absolute Gasteiger partial charge is 0.225 e. The van der Waals surface area contributed by atoms with E-state index in [2.05, 4.69) is 46.4 Å². The van der Waals surface area contributed by atoms with Crippen molar-refractivity contribution in [1.82, 2.24) is 9.88 Å². The fraction of sp³-hybridized carbons (Fsp3) is 0.391. The van der Waals surface area contributed by atoms with Gasteiger partial charge in [-0.2, -0.15) is 0 Å². The van der Waals surface area contributed by atoms with E-state index in [1.807, 2.05) is 39.0 Å². The Balaban J connectivity index is 1.65. The largest absolute Gasteiger partial charge is 0.356 e. The van der Waals surface area contributed by atoms with E-state index >= 15 is 0 Å². The van der Waals surface area contributed by atoms with E-state index in [0.29, 0.717) is 19.4 Å². The first kappa shape index (κ1) is 19.9. The first-order valence-electron chi connectivity index (χ1n) is 9.90. The van der Waals surface area contributed by atoms with Crippen LogP contribution in [0.4, 0.5) is 5.69 Å². The molecule has 0 radical (unpaired) electrons. The molecule has 1 aromatic heterocycles. The molecule has 0 aliphatic carbocycles. The second-order valence-electron chi connectivity index (χ2n) is 8.15. The molecule has 0 aliphatic heterocycles. The summed E-state index contributed by atoms with van der Waals surface area (Å²) in [6.45, 7) is 9.17. The number of fused-ring (bicyclic) bond motifs is 3. The van der Waals surface area contributed by atoms with E-state index < -0.39 is 5.41 Å².